The Morgan fingerprint density at radius 2 is 2.14 bits per heavy atom. The van der Waals surface area contributed by atoms with Crippen LogP contribution in [0.3, 0.4) is 0 Å². The van der Waals surface area contributed by atoms with E-state index in [0.29, 0.717) is 5.92 Å². The van der Waals surface area contributed by atoms with Crippen molar-refractivity contribution in [2.75, 3.05) is 13.2 Å². The molecule has 82 valence electrons. The molecule has 1 heterocycles. The summed E-state index contributed by atoms with van der Waals surface area (Å²) in [5.41, 5.74) is 1.42. The number of hydrogen-bond acceptors (Lipinski definition) is 1. The highest BCUT2D eigenvalue weighted by atomic mass is 31.0. The molecule has 0 aromatic carbocycles. The summed E-state index contributed by atoms with van der Waals surface area (Å²) < 4.78 is 5.23. The SMILES string of the molecule is CC.CC(C)/C(P)=C/C1=CCOCC1. The highest BCUT2D eigenvalue weighted by molar-refractivity contribution is 7.22. The van der Waals surface area contributed by atoms with Gasteiger partial charge in [-0.2, -0.15) is 0 Å². The van der Waals surface area contributed by atoms with Crippen molar-refractivity contribution < 1.29 is 4.74 Å². The molecule has 1 nitrogen and oxygen atoms in total. The summed E-state index contributed by atoms with van der Waals surface area (Å²) in [5.74, 6) is 0.624. The van der Waals surface area contributed by atoms with Crippen molar-refractivity contribution in [3.8, 4) is 0 Å². The quantitative estimate of drug-likeness (QED) is 0.636. The molecule has 0 fully saturated rings. The van der Waals surface area contributed by atoms with Gasteiger partial charge in [-0.15, -0.1) is 9.24 Å². The topological polar surface area (TPSA) is 9.23 Å². The molecule has 1 aliphatic rings. The van der Waals surface area contributed by atoms with Gasteiger partial charge in [-0.3, -0.25) is 0 Å². The van der Waals surface area contributed by atoms with Crippen LogP contribution >= 0.6 is 9.24 Å². The molecule has 0 bridgehead atoms. The summed E-state index contributed by atoms with van der Waals surface area (Å²) in [4.78, 5) is 0. The van der Waals surface area contributed by atoms with Crippen LogP contribution in [0.5, 0.6) is 0 Å². The van der Waals surface area contributed by atoms with Gasteiger partial charge in [0.15, 0.2) is 0 Å². The molecule has 1 atom stereocenters. The lowest BCUT2D eigenvalue weighted by Crippen LogP contribution is -2.03. The van der Waals surface area contributed by atoms with Crippen molar-refractivity contribution in [3.05, 3.63) is 23.0 Å². The predicted octanol–water partition coefficient (Wildman–Crippen LogP) is 3.77. The Hall–Kier alpha value is -0.130. The van der Waals surface area contributed by atoms with Gasteiger partial charge in [-0.05, 0) is 23.2 Å². The maximum atomic E-state index is 5.23. The van der Waals surface area contributed by atoms with Crippen LogP contribution in [0.2, 0.25) is 0 Å². The van der Waals surface area contributed by atoms with Gasteiger partial charge < -0.3 is 4.74 Å². The first kappa shape index (κ1) is 13.9. The van der Waals surface area contributed by atoms with E-state index in [-0.39, 0.29) is 0 Å². The van der Waals surface area contributed by atoms with E-state index in [4.69, 9.17) is 4.74 Å². The Labute approximate surface area is 90.8 Å². The van der Waals surface area contributed by atoms with Crippen LogP contribution in [0, 0.1) is 5.92 Å². The average Bonchev–Trinajstić information content (AvgIpc) is 2.22. The second kappa shape index (κ2) is 8.20. The molecular weight excluding hydrogens is 191 g/mol. The summed E-state index contributed by atoms with van der Waals surface area (Å²) in [7, 11) is 2.80. The van der Waals surface area contributed by atoms with Gasteiger partial charge in [0.25, 0.3) is 0 Å². The fourth-order valence-electron chi connectivity index (χ4n) is 1.05. The minimum Gasteiger partial charge on any atom is -0.377 e. The van der Waals surface area contributed by atoms with Crippen LogP contribution < -0.4 is 0 Å². The third-order valence-corrected chi connectivity index (χ3v) is 2.85. The summed E-state index contributed by atoms with van der Waals surface area (Å²) in [6.07, 6.45) is 5.48. The molecule has 0 aliphatic carbocycles. The van der Waals surface area contributed by atoms with Gasteiger partial charge >= 0.3 is 0 Å². The van der Waals surface area contributed by atoms with Crippen molar-refractivity contribution in [1.82, 2.24) is 0 Å². The zero-order chi connectivity index (χ0) is 11.0. The minimum atomic E-state index is 0.624. The highest BCUT2D eigenvalue weighted by Crippen LogP contribution is 2.21. The van der Waals surface area contributed by atoms with E-state index in [2.05, 4.69) is 35.2 Å². The second-order valence-corrected chi connectivity index (χ2v) is 4.07. The normalized spacial score (nSPS) is 17.3. The first-order valence-electron chi connectivity index (χ1n) is 5.44. The van der Waals surface area contributed by atoms with E-state index in [1.165, 1.54) is 10.9 Å². The van der Waals surface area contributed by atoms with E-state index < -0.39 is 0 Å². The Morgan fingerprint density at radius 1 is 1.50 bits per heavy atom. The lowest BCUT2D eigenvalue weighted by atomic mass is 10.1. The number of rotatable bonds is 2. The van der Waals surface area contributed by atoms with E-state index in [9.17, 15) is 0 Å². The van der Waals surface area contributed by atoms with Crippen molar-refractivity contribution in [2.24, 2.45) is 5.92 Å². The third-order valence-electron chi connectivity index (χ3n) is 2.02. The minimum absolute atomic E-state index is 0.624. The summed E-state index contributed by atoms with van der Waals surface area (Å²) in [6.45, 7) is 10.1. The van der Waals surface area contributed by atoms with Gasteiger partial charge in [0.2, 0.25) is 0 Å². The first-order chi connectivity index (χ1) is 6.70. The zero-order valence-electron chi connectivity index (χ0n) is 9.84. The largest absolute Gasteiger partial charge is 0.377 e. The molecule has 1 rings (SSSR count). The van der Waals surface area contributed by atoms with E-state index >= 15 is 0 Å². The van der Waals surface area contributed by atoms with E-state index in [1.54, 1.807) is 0 Å². The molecule has 0 amide bonds. The van der Waals surface area contributed by atoms with Crippen LogP contribution in [0.15, 0.2) is 23.0 Å². The fraction of sp³-hybridized carbons (Fsp3) is 0.667. The molecule has 1 aliphatic heterocycles. The van der Waals surface area contributed by atoms with E-state index in [1.807, 2.05) is 13.8 Å². The van der Waals surface area contributed by atoms with Gasteiger partial charge in [-0.25, -0.2) is 0 Å². The summed E-state index contributed by atoms with van der Waals surface area (Å²) in [6, 6.07) is 0. The van der Waals surface area contributed by atoms with Crippen LogP contribution in [-0.2, 0) is 4.74 Å². The number of ether oxygens (including phenoxy) is 1. The molecule has 0 radical (unpaired) electrons. The maximum absolute atomic E-state index is 5.23. The average molecular weight is 214 g/mol. The molecule has 1 unspecified atom stereocenters. The van der Waals surface area contributed by atoms with Crippen LogP contribution in [-0.4, -0.2) is 13.2 Å². The highest BCUT2D eigenvalue weighted by Gasteiger charge is 2.02. The summed E-state index contributed by atoms with van der Waals surface area (Å²) >= 11 is 0. The van der Waals surface area contributed by atoms with Gasteiger partial charge in [0, 0.05) is 0 Å². The first-order valence-corrected chi connectivity index (χ1v) is 6.01. The monoisotopic (exact) mass is 214 g/mol. The Morgan fingerprint density at radius 3 is 2.57 bits per heavy atom. The smallest absolute Gasteiger partial charge is 0.0653 e. The molecule has 14 heavy (non-hydrogen) atoms. The van der Waals surface area contributed by atoms with Crippen molar-refractivity contribution in [3.63, 3.8) is 0 Å². The Balaban J connectivity index is 0.000000791. The van der Waals surface area contributed by atoms with E-state index in [0.717, 1.165) is 19.6 Å². The van der Waals surface area contributed by atoms with Gasteiger partial charge in [-0.1, -0.05) is 39.8 Å². The molecule has 0 N–H and O–H groups in total. The molecule has 0 spiro atoms. The lowest BCUT2D eigenvalue weighted by Gasteiger charge is -2.12. The molecule has 0 aromatic heterocycles. The predicted molar refractivity (Wildman–Crippen MR) is 67.5 cm³/mol. The molecule has 2 heteroatoms. The number of allylic oxidation sites excluding steroid dienone is 2. The standard InChI is InChI=1S/C10H17OP.C2H6/c1-8(2)10(12)7-9-3-5-11-6-4-9;1-2/h3,7-8H,4-6,12H2,1-2H3;1-2H3/b10-7-;. The molecule has 0 saturated carbocycles. The lowest BCUT2D eigenvalue weighted by molar-refractivity contribution is 0.156. The molecular formula is C12H23OP. The van der Waals surface area contributed by atoms with Crippen LogP contribution in [0.25, 0.3) is 0 Å². The second-order valence-electron chi connectivity index (χ2n) is 3.40. The van der Waals surface area contributed by atoms with Crippen LogP contribution in [0.4, 0.5) is 0 Å². The van der Waals surface area contributed by atoms with Crippen molar-refractivity contribution in [2.45, 2.75) is 34.1 Å². The molecule has 0 saturated heterocycles. The Kier molecular flexibility index (Phi) is 8.12. The van der Waals surface area contributed by atoms with Crippen molar-refractivity contribution >= 4 is 9.24 Å². The zero-order valence-corrected chi connectivity index (χ0v) is 11.0. The fourth-order valence-corrected chi connectivity index (χ4v) is 1.27. The maximum Gasteiger partial charge on any atom is 0.0653 e. The van der Waals surface area contributed by atoms with Gasteiger partial charge in [0.1, 0.15) is 0 Å². The summed E-state index contributed by atoms with van der Waals surface area (Å²) in [5, 5.41) is 1.38. The van der Waals surface area contributed by atoms with Crippen molar-refractivity contribution in [1.29, 1.82) is 0 Å². The molecule has 0 aromatic rings. The Bertz CT molecular complexity index is 204. The van der Waals surface area contributed by atoms with Gasteiger partial charge in [0.05, 0.1) is 13.2 Å². The van der Waals surface area contributed by atoms with Crippen LogP contribution in [0.1, 0.15) is 34.1 Å². The third kappa shape index (κ3) is 5.57. The number of hydrogen-bond donors (Lipinski definition) is 0.